The third-order valence-corrected chi connectivity index (χ3v) is 2.62. The van der Waals surface area contributed by atoms with Crippen molar-refractivity contribution in [2.45, 2.75) is 19.8 Å². The van der Waals surface area contributed by atoms with Crippen molar-refractivity contribution in [2.75, 3.05) is 33.2 Å². The predicted octanol–water partition coefficient (Wildman–Crippen LogP) is 1.56. The average molecular weight is 221 g/mol. The number of pyridine rings is 1. The summed E-state index contributed by atoms with van der Waals surface area (Å²) in [6.45, 7) is 6.57. The van der Waals surface area contributed by atoms with E-state index in [1.54, 1.807) is 0 Å². The van der Waals surface area contributed by atoms with Crippen molar-refractivity contribution >= 4 is 0 Å². The Bertz CT molecular complexity index is 261. The number of aromatic nitrogens is 1. The standard InChI is InChI=1S/C13H23N3/c1-3-14-9-6-11-16(2)12-8-13-7-4-5-10-15-13/h4-5,7,10,14H,3,6,8-9,11-12H2,1-2H3. The van der Waals surface area contributed by atoms with Crippen molar-refractivity contribution in [1.82, 2.24) is 15.2 Å². The number of rotatable bonds is 8. The third kappa shape index (κ3) is 5.83. The summed E-state index contributed by atoms with van der Waals surface area (Å²) >= 11 is 0. The zero-order valence-corrected chi connectivity index (χ0v) is 10.4. The van der Waals surface area contributed by atoms with Crippen LogP contribution in [0.25, 0.3) is 0 Å². The SMILES string of the molecule is CCNCCCN(C)CCc1ccccn1. The Morgan fingerprint density at radius 2 is 2.19 bits per heavy atom. The van der Waals surface area contributed by atoms with Crippen LogP contribution in [-0.2, 0) is 6.42 Å². The number of nitrogens with one attached hydrogen (secondary N) is 1. The van der Waals surface area contributed by atoms with E-state index in [2.05, 4.69) is 35.2 Å². The van der Waals surface area contributed by atoms with E-state index in [0.717, 1.165) is 32.6 Å². The summed E-state index contributed by atoms with van der Waals surface area (Å²) in [5, 5.41) is 3.34. The summed E-state index contributed by atoms with van der Waals surface area (Å²) in [5.74, 6) is 0. The first-order valence-corrected chi connectivity index (χ1v) is 6.12. The quantitative estimate of drug-likeness (QED) is 0.675. The molecule has 0 saturated carbocycles. The van der Waals surface area contributed by atoms with Crippen LogP contribution in [0.1, 0.15) is 19.0 Å². The lowest BCUT2D eigenvalue weighted by molar-refractivity contribution is 0.330. The lowest BCUT2D eigenvalue weighted by Crippen LogP contribution is -2.26. The fourth-order valence-electron chi connectivity index (χ4n) is 1.61. The Hall–Kier alpha value is -0.930. The monoisotopic (exact) mass is 221 g/mol. The minimum Gasteiger partial charge on any atom is -0.317 e. The van der Waals surface area contributed by atoms with Gasteiger partial charge in [0.1, 0.15) is 0 Å². The molecule has 1 rings (SSSR count). The summed E-state index contributed by atoms with van der Waals surface area (Å²) in [6.07, 6.45) is 4.12. The normalized spacial score (nSPS) is 10.9. The topological polar surface area (TPSA) is 28.2 Å². The molecule has 1 aromatic heterocycles. The van der Waals surface area contributed by atoms with Gasteiger partial charge in [0.05, 0.1) is 0 Å². The molecule has 90 valence electrons. The van der Waals surface area contributed by atoms with Gasteiger partial charge in [0, 0.05) is 24.9 Å². The maximum Gasteiger partial charge on any atom is 0.0416 e. The molecule has 16 heavy (non-hydrogen) atoms. The molecular weight excluding hydrogens is 198 g/mol. The van der Waals surface area contributed by atoms with Crippen LogP contribution < -0.4 is 5.32 Å². The van der Waals surface area contributed by atoms with Crippen molar-refractivity contribution in [3.05, 3.63) is 30.1 Å². The molecule has 1 N–H and O–H groups in total. The van der Waals surface area contributed by atoms with E-state index in [1.807, 2.05) is 18.3 Å². The zero-order valence-electron chi connectivity index (χ0n) is 10.4. The molecule has 0 aromatic carbocycles. The molecule has 0 saturated heterocycles. The summed E-state index contributed by atoms with van der Waals surface area (Å²) in [6, 6.07) is 6.10. The predicted molar refractivity (Wildman–Crippen MR) is 68.6 cm³/mol. The molecule has 0 atom stereocenters. The highest BCUT2D eigenvalue weighted by atomic mass is 15.1. The fourth-order valence-corrected chi connectivity index (χ4v) is 1.61. The maximum atomic E-state index is 4.32. The van der Waals surface area contributed by atoms with Crippen LogP contribution in [0.3, 0.4) is 0 Å². The van der Waals surface area contributed by atoms with Crippen LogP contribution in [0, 0.1) is 0 Å². The van der Waals surface area contributed by atoms with Crippen molar-refractivity contribution in [3.8, 4) is 0 Å². The number of hydrogen-bond donors (Lipinski definition) is 1. The molecule has 0 bridgehead atoms. The maximum absolute atomic E-state index is 4.32. The van der Waals surface area contributed by atoms with Crippen LogP contribution in [0.5, 0.6) is 0 Å². The largest absolute Gasteiger partial charge is 0.317 e. The fraction of sp³-hybridized carbons (Fsp3) is 0.615. The highest BCUT2D eigenvalue weighted by Crippen LogP contribution is 1.96. The van der Waals surface area contributed by atoms with Crippen molar-refractivity contribution in [1.29, 1.82) is 0 Å². The van der Waals surface area contributed by atoms with Gasteiger partial charge in [-0.15, -0.1) is 0 Å². The minimum absolute atomic E-state index is 1.04. The van der Waals surface area contributed by atoms with Crippen LogP contribution in [0.2, 0.25) is 0 Å². The van der Waals surface area contributed by atoms with Gasteiger partial charge in [-0.2, -0.15) is 0 Å². The molecule has 3 nitrogen and oxygen atoms in total. The lowest BCUT2D eigenvalue weighted by Gasteiger charge is -2.16. The zero-order chi connectivity index (χ0) is 11.6. The highest BCUT2D eigenvalue weighted by Gasteiger charge is 1.99. The van der Waals surface area contributed by atoms with Gasteiger partial charge in [0.15, 0.2) is 0 Å². The van der Waals surface area contributed by atoms with Gasteiger partial charge in [-0.25, -0.2) is 0 Å². The molecular formula is C13H23N3. The molecule has 0 spiro atoms. The Balaban J connectivity index is 2.08. The van der Waals surface area contributed by atoms with Gasteiger partial charge < -0.3 is 10.2 Å². The van der Waals surface area contributed by atoms with E-state index < -0.39 is 0 Å². The van der Waals surface area contributed by atoms with Crippen LogP contribution in [0.15, 0.2) is 24.4 Å². The van der Waals surface area contributed by atoms with Crippen LogP contribution in [0.4, 0.5) is 0 Å². The Morgan fingerprint density at radius 1 is 1.31 bits per heavy atom. The Labute approximate surface area is 98.9 Å². The Morgan fingerprint density at radius 3 is 2.88 bits per heavy atom. The summed E-state index contributed by atoms with van der Waals surface area (Å²) in [5.41, 5.74) is 1.18. The molecule has 0 aliphatic heterocycles. The summed E-state index contributed by atoms with van der Waals surface area (Å²) < 4.78 is 0. The first kappa shape index (κ1) is 13.1. The Kier molecular flexibility index (Phi) is 6.77. The van der Waals surface area contributed by atoms with Crippen molar-refractivity contribution < 1.29 is 0 Å². The smallest absolute Gasteiger partial charge is 0.0416 e. The van der Waals surface area contributed by atoms with Crippen molar-refractivity contribution in [2.24, 2.45) is 0 Å². The molecule has 1 aromatic rings. The van der Waals surface area contributed by atoms with E-state index in [4.69, 9.17) is 0 Å². The number of likely N-dealkylation sites (N-methyl/N-ethyl adjacent to an activating group) is 1. The van der Waals surface area contributed by atoms with Crippen LogP contribution >= 0.6 is 0 Å². The highest BCUT2D eigenvalue weighted by molar-refractivity contribution is 5.03. The first-order valence-electron chi connectivity index (χ1n) is 6.12. The van der Waals surface area contributed by atoms with Crippen LogP contribution in [-0.4, -0.2) is 43.1 Å². The molecule has 1 heterocycles. The minimum atomic E-state index is 1.04. The molecule has 0 aliphatic carbocycles. The second kappa shape index (κ2) is 8.25. The molecule has 3 heteroatoms. The van der Waals surface area contributed by atoms with Gasteiger partial charge in [-0.05, 0) is 45.2 Å². The lowest BCUT2D eigenvalue weighted by atomic mass is 10.2. The summed E-state index contributed by atoms with van der Waals surface area (Å²) in [4.78, 5) is 6.69. The van der Waals surface area contributed by atoms with E-state index in [-0.39, 0.29) is 0 Å². The van der Waals surface area contributed by atoms with Gasteiger partial charge in [0.2, 0.25) is 0 Å². The van der Waals surface area contributed by atoms with Gasteiger partial charge in [-0.3, -0.25) is 4.98 Å². The number of hydrogen-bond acceptors (Lipinski definition) is 3. The molecule has 0 amide bonds. The van der Waals surface area contributed by atoms with Gasteiger partial charge >= 0.3 is 0 Å². The number of nitrogens with zero attached hydrogens (tertiary/aromatic N) is 2. The second-order valence-electron chi connectivity index (χ2n) is 4.08. The van der Waals surface area contributed by atoms with E-state index in [9.17, 15) is 0 Å². The molecule has 0 unspecified atom stereocenters. The van der Waals surface area contributed by atoms with Gasteiger partial charge in [-0.1, -0.05) is 13.0 Å². The van der Waals surface area contributed by atoms with Crippen molar-refractivity contribution in [3.63, 3.8) is 0 Å². The van der Waals surface area contributed by atoms with Gasteiger partial charge in [0.25, 0.3) is 0 Å². The first-order chi connectivity index (χ1) is 7.83. The van der Waals surface area contributed by atoms with E-state index in [0.29, 0.717) is 0 Å². The summed E-state index contributed by atoms with van der Waals surface area (Å²) in [7, 11) is 2.18. The third-order valence-electron chi connectivity index (χ3n) is 2.62. The molecule has 0 fully saturated rings. The molecule has 0 radical (unpaired) electrons. The van der Waals surface area contributed by atoms with E-state index in [1.165, 1.54) is 12.1 Å². The van der Waals surface area contributed by atoms with E-state index >= 15 is 0 Å². The average Bonchev–Trinajstić information content (AvgIpc) is 2.33. The second-order valence-corrected chi connectivity index (χ2v) is 4.08. The molecule has 0 aliphatic rings.